The topological polar surface area (TPSA) is 76.7 Å². The van der Waals surface area contributed by atoms with Crippen LogP contribution in [0, 0.1) is 19.7 Å². The summed E-state index contributed by atoms with van der Waals surface area (Å²) in [6.07, 6.45) is 0.290. The second-order valence-corrected chi connectivity index (χ2v) is 6.51. The van der Waals surface area contributed by atoms with Gasteiger partial charge in [0.15, 0.2) is 6.61 Å². The van der Waals surface area contributed by atoms with Crippen LogP contribution in [0.25, 0.3) is 0 Å². The van der Waals surface area contributed by atoms with Gasteiger partial charge in [-0.3, -0.25) is 9.59 Å². The molecule has 7 heteroatoms. The highest BCUT2D eigenvalue weighted by molar-refractivity contribution is 5.98. The third kappa shape index (κ3) is 6.34. The van der Waals surface area contributed by atoms with E-state index >= 15 is 0 Å². The fourth-order valence-electron chi connectivity index (χ4n) is 2.54. The van der Waals surface area contributed by atoms with Crippen LogP contribution >= 0.6 is 0 Å². The van der Waals surface area contributed by atoms with Crippen molar-refractivity contribution in [1.29, 1.82) is 0 Å². The lowest BCUT2D eigenvalue weighted by Gasteiger charge is -2.12. The third-order valence-corrected chi connectivity index (χ3v) is 4.31. The van der Waals surface area contributed by atoms with Gasteiger partial charge in [0.2, 0.25) is 0 Å². The molecule has 2 aromatic carbocycles. The zero-order chi connectivity index (χ0) is 21.4. The molecule has 0 fully saturated rings. The van der Waals surface area contributed by atoms with E-state index < -0.39 is 11.7 Å². The Balaban J connectivity index is 1.76. The number of hydrogen-bond acceptors (Lipinski definition) is 4. The van der Waals surface area contributed by atoms with E-state index in [0.29, 0.717) is 11.4 Å². The van der Waals surface area contributed by atoms with Gasteiger partial charge in [0.05, 0.1) is 7.11 Å². The van der Waals surface area contributed by atoms with Crippen molar-refractivity contribution in [3.05, 3.63) is 71.2 Å². The van der Waals surface area contributed by atoms with E-state index in [1.54, 1.807) is 0 Å². The second kappa shape index (κ2) is 10.3. The number of benzene rings is 2. The predicted molar refractivity (Wildman–Crippen MR) is 109 cm³/mol. The molecule has 0 saturated carbocycles. The van der Waals surface area contributed by atoms with Gasteiger partial charge in [-0.2, -0.15) is 0 Å². The smallest absolute Gasteiger partial charge is 0.262 e. The molecule has 0 aliphatic rings. The first-order chi connectivity index (χ1) is 13.8. The van der Waals surface area contributed by atoms with Crippen molar-refractivity contribution in [1.82, 2.24) is 10.6 Å². The van der Waals surface area contributed by atoms with E-state index in [1.807, 2.05) is 32.0 Å². The lowest BCUT2D eigenvalue weighted by molar-refractivity contribution is -0.123. The monoisotopic (exact) mass is 400 g/mol. The number of carbonyl (C=O) groups excluding carboxylic acids is 2. The van der Waals surface area contributed by atoms with Gasteiger partial charge in [-0.05, 0) is 49.2 Å². The SMILES string of the molecule is C=C(CCNC(=O)COc1ccc(C)c(C)c1)NC(=O)c1c(F)cccc1OC. The van der Waals surface area contributed by atoms with Crippen LogP contribution in [-0.4, -0.2) is 32.1 Å². The fraction of sp³-hybridized carbons (Fsp3) is 0.273. The van der Waals surface area contributed by atoms with Gasteiger partial charge in [-0.25, -0.2) is 4.39 Å². The van der Waals surface area contributed by atoms with E-state index in [1.165, 1.54) is 25.3 Å². The van der Waals surface area contributed by atoms with Gasteiger partial charge in [0.1, 0.15) is 22.9 Å². The zero-order valence-electron chi connectivity index (χ0n) is 16.8. The van der Waals surface area contributed by atoms with Gasteiger partial charge in [0.25, 0.3) is 11.8 Å². The molecule has 0 spiro atoms. The summed E-state index contributed by atoms with van der Waals surface area (Å²) in [5.41, 5.74) is 2.38. The number of carbonyl (C=O) groups is 2. The highest BCUT2D eigenvalue weighted by atomic mass is 19.1. The lowest BCUT2D eigenvalue weighted by Crippen LogP contribution is -2.31. The van der Waals surface area contributed by atoms with E-state index in [4.69, 9.17) is 9.47 Å². The van der Waals surface area contributed by atoms with E-state index in [0.717, 1.165) is 11.1 Å². The van der Waals surface area contributed by atoms with Crippen molar-refractivity contribution in [3.63, 3.8) is 0 Å². The summed E-state index contributed by atoms with van der Waals surface area (Å²) in [6, 6.07) is 9.74. The molecule has 2 amide bonds. The molecule has 0 aliphatic heterocycles. The summed E-state index contributed by atoms with van der Waals surface area (Å²) in [7, 11) is 1.36. The summed E-state index contributed by atoms with van der Waals surface area (Å²) >= 11 is 0. The molecule has 0 unspecified atom stereocenters. The highest BCUT2D eigenvalue weighted by Crippen LogP contribution is 2.21. The molecule has 2 N–H and O–H groups in total. The average Bonchev–Trinajstić information content (AvgIpc) is 2.68. The molecule has 0 radical (unpaired) electrons. The van der Waals surface area contributed by atoms with Gasteiger partial charge < -0.3 is 20.1 Å². The van der Waals surface area contributed by atoms with E-state index in [2.05, 4.69) is 17.2 Å². The van der Waals surface area contributed by atoms with Crippen LogP contribution in [0.5, 0.6) is 11.5 Å². The molecular weight excluding hydrogens is 375 g/mol. The summed E-state index contributed by atoms with van der Waals surface area (Å²) < 4.78 is 24.4. The van der Waals surface area contributed by atoms with Crippen LogP contribution in [0.15, 0.2) is 48.7 Å². The van der Waals surface area contributed by atoms with Gasteiger partial charge in [-0.1, -0.05) is 18.7 Å². The van der Waals surface area contributed by atoms with Crippen LogP contribution in [0.3, 0.4) is 0 Å². The Morgan fingerprint density at radius 3 is 2.59 bits per heavy atom. The third-order valence-electron chi connectivity index (χ3n) is 4.31. The summed E-state index contributed by atoms with van der Waals surface area (Å²) in [5, 5.41) is 5.20. The standard InChI is InChI=1S/C22H25FN2O4/c1-14-8-9-17(12-15(14)2)29-13-20(26)24-11-10-16(3)25-22(27)21-18(23)6-5-7-19(21)28-4/h5-9,12H,3,10-11,13H2,1-2,4H3,(H,24,26)(H,25,27). The molecular formula is C22H25FN2O4. The molecule has 0 heterocycles. The van der Waals surface area contributed by atoms with Gasteiger partial charge in [-0.15, -0.1) is 0 Å². The summed E-state index contributed by atoms with van der Waals surface area (Å²) in [4.78, 5) is 24.2. The van der Waals surface area contributed by atoms with Crippen molar-refractivity contribution >= 4 is 11.8 Å². The van der Waals surface area contributed by atoms with E-state index in [-0.39, 0.29) is 36.8 Å². The number of hydrogen-bond donors (Lipinski definition) is 2. The molecule has 0 saturated heterocycles. The number of halogens is 1. The van der Waals surface area contributed by atoms with Crippen LogP contribution < -0.4 is 20.1 Å². The number of methoxy groups -OCH3 is 1. The Morgan fingerprint density at radius 1 is 1.14 bits per heavy atom. The Bertz CT molecular complexity index is 912. The number of aryl methyl sites for hydroxylation is 2. The minimum atomic E-state index is -0.688. The van der Waals surface area contributed by atoms with Gasteiger partial charge >= 0.3 is 0 Å². The summed E-state index contributed by atoms with van der Waals surface area (Å²) in [6.45, 7) is 7.84. The fourth-order valence-corrected chi connectivity index (χ4v) is 2.54. The quantitative estimate of drug-likeness (QED) is 0.677. The highest BCUT2D eigenvalue weighted by Gasteiger charge is 2.18. The molecule has 2 aromatic rings. The lowest BCUT2D eigenvalue weighted by atomic mass is 10.1. The number of amides is 2. The number of ether oxygens (including phenoxy) is 2. The van der Waals surface area contributed by atoms with Crippen molar-refractivity contribution in [2.75, 3.05) is 20.3 Å². The van der Waals surface area contributed by atoms with Crippen molar-refractivity contribution in [2.24, 2.45) is 0 Å². The maximum atomic E-state index is 13.9. The minimum absolute atomic E-state index is 0.117. The Hall–Kier alpha value is -3.35. The van der Waals surface area contributed by atoms with Crippen molar-refractivity contribution in [2.45, 2.75) is 20.3 Å². The van der Waals surface area contributed by atoms with Crippen molar-refractivity contribution < 1.29 is 23.5 Å². The first kappa shape index (κ1) is 21.9. The molecule has 0 bridgehead atoms. The number of rotatable bonds is 9. The first-order valence-corrected chi connectivity index (χ1v) is 9.10. The average molecular weight is 400 g/mol. The number of nitrogens with one attached hydrogen (secondary N) is 2. The van der Waals surface area contributed by atoms with Crippen LogP contribution in [0.2, 0.25) is 0 Å². The molecule has 2 rings (SSSR count). The molecule has 29 heavy (non-hydrogen) atoms. The molecule has 0 aromatic heterocycles. The Kier molecular flexibility index (Phi) is 7.77. The summed E-state index contributed by atoms with van der Waals surface area (Å²) in [5.74, 6) is -0.884. The normalized spacial score (nSPS) is 10.2. The molecule has 154 valence electrons. The molecule has 6 nitrogen and oxygen atoms in total. The Labute approximate surface area is 169 Å². The predicted octanol–water partition coefficient (Wildman–Crippen LogP) is 3.28. The van der Waals surface area contributed by atoms with E-state index in [9.17, 15) is 14.0 Å². The minimum Gasteiger partial charge on any atom is -0.496 e. The maximum absolute atomic E-state index is 13.9. The van der Waals surface area contributed by atoms with Crippen LogP contribution in [-0.2, 0) is 4.79 Å². The maximum Gasteiger partial charge on any atom is 0.262 e. The van der Waals surface area contributed by atoms with Gasteiger partial charge in [0, 0.05) is 18.7 Å². The largest absolute Gasteiger partial charge is 0.496 e. The van der Waals surface area contributed by atoms with Crippen molar-refractivity contribution in [3.8, 4) is 11.5 Å². The first-order valence-electron chi connectivity index (χ1n) is 9.10. The second-order valence-electron chi connectivity index (χ2n) is 6.51. The van der Waals surface area contributed by atoms with Crippen LogP contribution in [0.4, 0.5) is 4.39 Å². The molecule has 0 atom stereocenters. The molecule has 0 aliphatic carbocycles. The van der Waals surface area contributed by atoms with Crippen LogP contribution in [0.1, 0.15) is 27.9 Å². The zero-order valence-corrected chi connectivity index (χ0v) is 16.8. The Morgan fingerprint density at radius 2 is 1.90 bits per heavy atom.